The Labute approximate surface area is 171 Å². The largest absolute Gasteiger partial charge is 0.385 e. The molecule has 0 atom stereocenters. The third-order valence-electron chi connectivity index (χ3n) is 4.06. The van der Waals surface area contributed by atoms with Crippen molar-refractivity contribution in [1.82, 2.24) is 9.62 Å². The minimum absolute atomic E-state index is 0.0942. The third-order valence-corrected chi connectivity index (χ3v) is 6.12. The van der Waals surface area contributed by atoms with Crippen LogP contribution in [0.15, 0.2) is 53.4 Å². The predicted molar refractivity (Wildman–Crippen MR) is 110 cm³/mol. The first kappa shape index (κ1) is 22.4. The van der Waals surface area contributed by atoms with Crippen LogP contribution >= 0.6 is 11.6 Å². The number of hydrogen-bond acceptors (Lipinski definition) is 4. The van der Waals surface area contributed by atoms with Crippen LogP contribution in [0.1, 0.15) is 17.5 Å². The van der Waals surface area contributed by atoms with E-state index in [0.29, 0.717) is 24.6 Å². The quantitative estimate of drug-likeness (QED) is 0.595. The lowest BCUT2D eigenvalue weighted by Crippen LogP contribution is -2.40. The molecule has 1 amide bonds. The van der Waals surface area contributed by atoms with Gasteiger partial charge in [-0.15, -0.1) is 0 Å². The van der Waals surface area contributed by atoms with Crippen LogP contribution in [0.5, 0.6) is 0 Å². The van der Waals surface area contributed by atoms with Gasteiger partial charge in [0.2, 0.25) is 15.9 Å². The molecule has 0 saturated heterocycles. The normalized spacial score (nSPS) is 11.6. The van der Waals surface area contributed by atoms with Gasteiger partial charge in [-0.3, -0.25) is 4.79 Å². The fraction of sp³-hybridized carbons (Fsp3) is 0.350. The number of benzene rings is 2. The third kappa shape index (κ3) is 6.60. The molecular weight excluding hydrogens is 400 g/mol. The second-order valence-electron chi connectivity index (χ2n) is 6.41. The number of sulfonamides is 1. The highest BCUT2D eigenvalue weighted by molar-refractivity contribution is 7.89. The first-order valence-corrected chi connectivity index (χ1v) is 10.7. The molecule has 0 unspecified atom stereocenters. The van der Waals surface area contributed by atoms with E-state index in [1.165, 1.54) is 28.6 Å². The number of methoxy groups -OCH3 is 1. The van der Waals surface area contributed by atoms with Gasteiger partial charge in [-0.25, -0.2) is 8.42 Å². The van der Waals surface area contributed by atoms with Gasteiger partial charge in [0.1, 0.15) is 0 Å². The summed E-state index contributed by atoms with van der Waals surface area (Å²) in [4.78, 5) is 12.4. The molecule has 8 heteroatoms. The van der Waals surface area contributed by atoms with Crippen molar-refractivity contribution in [2.75, 3.05) is 26.8 Å². The van der Waals surface area contributed by atoms with Crippen LogP contribution in [0.4, 0.5) is 0 Å². The maximum absolute atomic E-state index is 13.1. The Balaban J connectivity index is 2.22. The number of rotatable bonds is 10. The molecule has 0 spiro atoms. The molecule has 1 N–H and O–H groups in total. The van der Waals surface area contributed by atoms with E-state index in [9.17, 15) is 13.2 Å². The van der Waals surface area contributed by atoms with Gasteiger partial charge in [-0.2, -0.15) is 4.31 Å². The van der Waals surface area contributed by atoms with Crippen molar-refractivity contribution in [2.45, 2.75) is 24.8 Å². The summed E-state index contributed by atoms with van der Waals surface area (Å²) in [5.74, 6) is -0.360. The molecule has 152 valence electrons. The van der Waals surface area contributed by atoms with Crippen LogP contribution in [0.3, 0.4) is 0 Å². The Morgan fingerprint density at radius 1 is 1.18 bits per heavy atom. The molecular formula is C20H25ClN2O4S. The number of nitrogens with one attached hydrogen (secondary N) is 1. The maximum Gasteiger partial charge on any atom is 0.243 e. The highest BCUT2D eigenvalue weighted by atomic mass is 35.5. The average molecular weight is 425 g/mol. The van der Waals surface area contributed by atoms with Crippen LogP contribution in [-0.4, -0.2) is 45.4 Å². The predicted octanol–water partition coefficient (Wildman–Crippen LogP) is 2.99. The Morgan fingerprint density at radius 2 is 1.89 bits per heavy atom. The second-order valence-corrected chi connectivity index (χ2v) is 8.79. The van der Waals surface area contributed by atoms with Crippen LogP contribution in [0.25, 0.3) is 0 Å². The minimum atomic E-state index is -3.87. The van der Waals surface area contributed by atoms with Gasteiger partial charge in [0.15, 0.2) is 0 Å². The summed E-state index contributed by atoms with van der Waals surface area (Å²) >= 11 is 5.87. The molecule has 6 nitrogen and oxygen atoms in total. The fourth-order valence-electron chi connectivity index (χ4n) is 2.66. The number of nitrogens with zero attached hydrogens (tertiary/aromatic N) is 1. The molecule has 0 aliphatic carbocycles. The van der Waals surface area contributed by atoms with Gasteiger partial charge in [0, 0.05) is 31.8 Å². The Morgan fingerprint density at radius 3 is 2.54 bits per heavy atom. The molecule has 0 saturated carbocycles. The van der Waals surface area contributed by atoms with Gasteiger partial charge < -0.3 is 10.1 Å². The summed E-state index contributed by atoms with van der Waals surface area (Å²) in [5.41, 5.74) is 1.83. The standard InChI is InChI=1S/C20H25ClN2O4S/c1-16-5-3-6-17(13-16)14-23(15-20(24)22-11-4-12-27-2)28(25,26)19-9-7-18(21)8-10-19/h3,5-10,13H,4,11-12,14-15H2,1-2H3,(H,22,24). The first-order valence-electron chi connectivity index (χ1n) is 8.90. The Bertz CT molecular complexity index is 885. The number of hydrogen-bond donors (Lipinski definition) is 1. The van der Waals surface area contributed by atoms with Crippen molar-refractivity contribution >= 4 is 27.5 Å². The van der Waals surface area contributed by atoms with Gasteiger partial charge in [0.05, 0.1) is 11.4 Å². The number of carbonyl (C=O) groups excluding carboxylic acids is 1. The Kier molecular flexibility index (Phi) is 8.44. The average Bonchev–Trinajstić information content (AvgIpc) is 2.65. The van der Waals surface area contributed by atoms with Crippen molar-refractivity contribution in [3.05, 3.63) is 64.7 Å². The van der Waals surface area contributed by atoms with E-state index >= 15 is 0 Å². The summed E-state index contributed by atoms with van der Waals surface area (Å²) in [6, 6.07) is 13.5. The van der Waals surface area contributed by atoms with E-state index in [4.69, 9.17) is 16.3 Å². The van der Waals surface area contributed by atoms with Crippen LogP contribution in [0.2, 0.25) is 5.02 Å². The SMILES string of the molecule is COCCCNC(=O)CN(Cc1cccc(C)c1)S(=O)(=O)c1ccc(Cl)cc1. The zero-order valence-electron chi connectivity index (χ0n) is 16.0. The molecule has 0 aliphatic heterocycles. The minimum Gasteiger partial charge on any atom is -0.385 e. The van der Waals surface area contributed by atoms with Crippen molar-refractivity contribution in [2.24, 2.45) is 0 Å². The highest BCUT2D eigenvalue weighted by Gasteiger charge is 2.27. The summed E-state index contributed by atoms with van der Waals surface area (Å²) in [7, 11) is -2.28. The van der Waals surface area contributed by atoms with Crippen molar-refractivity contribution in [1.29, 1.82) is 0 Å². The molecule has 0 heterocycles. The van der Waals surface area contributed by atoms with Crippen molar-refractivity contribution in [3.63, 3.8) is 0 Å². The molecule has 2 aromatic carbocycles. The van der Waals surface area contributed by atoms with E-state index in [2.05, 4.69) is 5.32 Å². The number of ether oxygens (including phenoxy) is 1. The molecule has 0 aromatic heterocycles. The number of aryl methyl sites for hydroxylation is 1. The van der Waals surface area contributed by atoms with E-state index in [0.717, 1.165) is 11.1 Å². The van der Waals surface area contributed by atoms with Gasteiger partial charge in [0.25, 0.3) is 0 Å². The first-order chi connectivity index (χ1) is 13.3. The van der Waals surface area contributed by atoms with E-state index in [-0.39, 0.29) is 23.9 Å². The van der Waals surface area contributed by atoms with Gasteiger partial charge in [-0.1, -0.05) is 41.4 Å². The summed E-state index contributed by atoms with van der Waals surface area (Å²) in [5, 5.41) is 3.18. The van der Waals surface area contributed by atoms with E-state index in [1.807, 2.05) is 31.2 Å². The lowest BCUT2D eigenvalue weighted by Gasteiger charge is -2.22. The second kappa shape index (κ2) is 10.6. The molecule has 0 radical (unpaired) electrons. The lowest BCUT2D eigenvalue weighted by molar-refractivity contribution is -0.121. The van der Waals surface area contributed by atoms with Crippen molar-refractivity contribution < 1.29 is 17.9 Å². The monoisotopic (exact) mass is 424 g/mol. The van der Waals surface area contributed by atoms with E-state index < -0.39 is 10.0 Å². The summed E-state index contributed by atoms with van der Waals surface area (Å²) in [6.07, 6.45) is 0.657. The molecule has 2 rings (SSSR count). The molecule has 28 heavy (non-hydrogen) atoms. The maximum atomic E-state index is 13.1. The summed E-state index contributed by atoms with van der Waals surface area (Å²) < 4.78 is 32.4. The lowest BCUT2D eigenvalue weighted by atomic mass is 10.1. The zero-order chi connectivity index (χ0) is 20.6. The summed E-state index contributed by atoms with van der Waals surface area (Å²) in [6.45, 7) is 2.70. The molecule has 0 aliphatic rings. The van der Waals surface area contributed by atoms with E-state index in [1.54, 1.807) is 7.11 Å². The highest BCUT2D eigenvalue weighted by Crippen LogP contribution is 2.20. The molecule has 0 bridgehead atoms. The topological polar surface area (TPSA) is 75.7 Å². The van der Waals surface area contributed by atoms with Crippen LogP contribution in [0, 0.1) is 6.92 Å². The smallest absolute Gasteiger partial charge is 0.243 e. The van der Waals surface area contributed by atoms with Crippen molar-refractivity contribution in [3.8, 4) is 0 Å². The van der Waals surface area contributed by atoms with Crippen LogP contribution in [-0.2, 0) is 26.1 Å². The zero-order valence-corrected chi connectivity index (χ0v) is 17.6. The number of carbonyl (C=O) groups is 1. The van der Waals surface area contributed by atoms with Gasteiger partial charge in [-0.05, 0) is 43.2 Å². The number of amides is 1. The molecule has 0 fully saturated rings. The fourth-order valence-corrected chi connectivity index (χ4v) is 4.17. The van der Waals surface area contributed by atoms with Gasteiger partial charge >= 0.3 is 0 Å². The number of halogens is 1. The molecule has 2 aromatic rings. The Hall–Kier alpha value is -1.93. The van der Waals surface area contributed by atoms with Crippen LogP contribution < -0.4 is 5.32 Å².